The lowest BCUT2D eigenvalue weighted by atomic mass is 9.89. The monoisotopic (exact) mass is 309 g/mol. The van der Waals surface area contributed by atoms with E-state index in [0.717, 1.165) is 24.4 Å². The topological polar surface area (TPSA) is 41.5 Å². The lowest BCUT2D eigenvalue weighted by Crippen LogP contribution is -2.30. The zero-order chi connectivity index (χ0) is 15.1. The van der Waals surface area contributed by atoms with Gasteiger partial charge in [-0.2, -0.15) is 0 Å². The van der Waals surface area contributed by atoms with Crippen molar-refractivity contribution in [3.8, 4) is 0 Å². The highest BCUT2D eigenvalue weighted by atomic mass is 32.2. The fourth-order valence-electron chi connectivity index (χ4n) is 2.80. The lowest BCUT2D eigenvalue weighted by Gasteiger charge is -2.27. The molecular formula is C17H27NO2S. The van der Waals surface area contributed by atoms with E-state index in [9.17, 15) is 5.11 Å². The van der Waals surface area contributed by atoms with Gasteiger partial charge in [0.25, 0.3) is 0 Å². The summed E-state index contributed by atoms with van der Waals surface area (Å²) in [6.07, 6.45) is 6.78. The third-order valence-corrected chi connectivity index (χ3v) is 4.75. The summed E-state index contributed by atoms with van der Waals surface area (Å²) in [4.78, 5) is 1.22. The van der Waals surface area contributed by atoms with Crippen LogP contribution in [-0.2, 0) is 4.74 Å². The van der Waals surface area contributed by atoms with Gasteiger partial charge in [-0.25, -0.2) is 0 Å². The van der Waals surface area contributed by atoms with Crippen LogP contribution >= 0.6 is 11.8 Å². The quantitative estimate of drug-likeness (QED) is 0.752. The molecule has 0 amide bonds. The van der Waals surface area contributed by atoms with Gasteiger partial charge in [0, 0.05) is 17.1 Å². The van der Waals surface area contributed by atoms with Gasteiger partial charge in [0.05, 0.1) is 18.8 Å². The molecule has 3 atom stereocenters. The van der Waals surface area contributed by atoms with Crippen molar-refractivity contribution in [1.29, 1.82) is 0 Å². The van der Waals surface area contributed by atoms with Crippen molar-refractivity contribution in [3.63, 3.8) is 0 Å². The van der Waals surface area contributed by atoms with Gasteiger partial charge >= 0.3 is 0 Å². The maximum atomic E-state index is 10.0. The summed E-state index contributed by atoms with van der Waals surface area (Å²) in [7, 11) is 0. The van der Waals surface area contributed by atoms with Crippen molar-refractivity contribution in [1.82, 2.24) is 0 Å². The molecule has 3 unspecified atom stereocenters. The second kappa shape index (κ2) is 8.66. The lowest BCUT2D eigenvalue weighted by molar-refractivity contribution is -0.0274. The predicted octanol–water partition coefficient (Wildman–Crippen LogP) is 3.78. The van der Waals surface area contributed by atoms with Crippen molar-refractivity contribution >= 4 is 17.4 Å². The summed E-state index contributed by atoms with van der Waals surface area (Å²) < 4.78 is 5.85. The maximum absolute atomic E-state index is 10.0. The Morgan fingerprint density at radius 1 is 1.43 bits per heavy atom. The molecule has 1 aromatic rings. The Bertz CT molecular complexity index is 427. The average molecular weight is 309 g/mol. The number of nitrogens with one attached hydrogen (secondary N) is 1. The number of aliphatic hydroxyl groups excluding tert-OH is 1. The third kappa shape index (κ3) is 5.89. The highest BCUT2D eigenvalue weighted by Gasteiger charge is 2.20. The molecule has 0 heterocycles. The molecule has 1 saturated carbocycles. The molecule has 2 rings (SSSR count). The van der Waals surface area contributed by atoms with Crippen LogP contribution in [0.15, 0.2) is 29.2 Å². The van der Waals surface area contributed by atoms with Crippen LogP contribution in [0.25, 0.3) is 0 Å². The summed E-state index contributed by atoms with van der Waals surface area (Å²) >= 11 is 1.72. The molecule has 2 N–H and O–H groups in total. The maximum Gasteiger partial charge on any atom is 0.0945 e. The van der Waals surface area contributed by atoms with Gasteiger partial charge in [0.15, 0.2) is 0 Å². The van der Waals surface area contributed by atoms with Crippen LogP contribution in [0.3, 0.4) is 0 Å². The smallest absolute Gasteiger partial charge is 0.0945 e. The van der Waals surface area contributed by atoms with E-state index in [-0.39, 0.29) is 0 Å². The van der Waals surface area contributed by atoms with E-state index in [1.165, 1.54) is 17.7 Å². The molecule has 0 aliphatic heterocycles. The number of aliphatic hydroxyl groups is 1. The summed E-state index contributed by atoms with van der Waals surface area (Å²) in [5.74, 6) is 0.758. The molecule has 3 nitrogen and oxygen atoms in total. The fourth-order valence-corrected chi connectivity index (χ4v) is 3.26. The van der Waals surface area contributed by atoms with Crippen LogP contribution in [-0.4, -0.2) is 36.7 Å². The Kier molecular flexibility index (Phi) is 6.87. The third-order valence-electron chi connectivity index (χ3n) is 4.02. The van der Waals surface area contributed by atoms with Gasteiger partial charge in [-0.3, -0.25) is 0 Å². The van der Waals surface area contributed by atoms with Crippen molar-refractivity contribution in [2.24, 2.45) is 5.92 Å². The molecule has 1 aromatic carbocycles. The molecule has 1 aliphatic rings. The van der Waals surface area contributed by atoms with Crippen LogP contribution in [0, 0.1) is 5.92 Å². The Balaban J connectivity index is 1.68. The minimum absolute atomic E-state index is 0.336. The average Bonchev–Trinajstić information content (AvgIpc) is 2.51. The molecule has 21 heavy (non-hydrogen) atoms. The molecule has 0 bridgehead atoms. The first kappa shape index (κ1) is 16.7. The first-order chi connectivity index (χ1) is 10.2. The highest BCUT2D eigenvalue weighted by Crippen LogP contribution is 2.25. The number of anilines is 1. The largest absolute Gasteiger partial charge is 0.389 e. The minimum atomic E-state index is -0.458. The Hall–Kier alpha value is -0.710. The van der Waals surface area contributed by atoms with Crippen LogP contribution in [0.1, 0.15) is 32.6 Å². The standard InChI is InChI=1S/C17H27NO2S/c1-13-5-3-7-16(9-13)20-12-15(19)11-18-14-6-4-8-17(10-14)21-2/h4,6,8,10,13,15-16,18-19H,3,5,7,9,11-12H2,1-2H3. The first-order valence-corrected chi connectivity index (χ1v) is 9.07. The predicted molar refractivity (Wildman–Crippen MR) is 90.1 cm³/mol. The van der Waals surface area contributed by atoms with Crippen LogP contribution < -0.4 is 5.32 Å². The van der Waals surface area contributed by atoms with Crippen molar-refractivity contribution in [3.05, 3.63) is 24.3 Å². The molecule has 1 aliphatic carbocycles. The number of benzene rings is 1. The van der Waals surface area contributed by atoms with Gasteiger partial charge in [-0.1, -0.05) is 25.8 Å². The molecule has 0 saturated heterocycles. The van der Waals surface area contributed by atoms with Crippen LogP contribution in [0.2, 0.25) is 0 Å². The van der Waals surface area contributed by atoms with Crippen LogP contribution in [0.5, 0.6) is 0 Å². The van der Waals surface area contributed by atoms with E-state index in [4.69, 9.17) is 4.74 Å². The van der Waals surface area contributed by atoms with Crippen molar-refractivity contribution in [2.75, 3.05) is 24.7 Å². The van der Waals surface area contributed by atoms with E-state index in [1.54, 1.807) is 11.8 Å². The SMILES string of the molecule is CSc1cccc(NCC(O)COC2CCCC(C)C2)c1. The number of ether oxygens (including phenoxy) is 1. The molecule has 4 heteroatoms. The van der Waals surface area contributed by atoms with Gasteiger partial charge < -0.3 is 15.2 Å². The molecule has 1 fully saturated rings. The zero-order valence-electron chi connectivity index (χ0n) is 13.0. The number of hydrogen-bond acceptors (Lipinski definition) is 4. The summed E-state index contributed by atoms with van der Waals surface area (Å²) in [5, 5.41) is 13.3. The van der Waals surface area contributed by atoms with E-state index in [0.29, 0.717) is 19.3 Å². The first-order valence-electron chi connectivity index (χ1n) is 7.85. The number of hydrogen-bond donors (Lipinski definition) is 2. The van der Waals surface area contributed by atoms with E-state index >= 15 is 0 Å². The zero-order valence-corrected chi connectivity index (χ0v) is 13.9. The van der Waals surface area contributed by atoms with Crippen molar-refractivity contribution < 1.29 is 9.84 Å². The van der Waals surface area contributed by atoms with Crippen LogP contribution in [0.4, 0.5) is 5.69 Å². The Morgan fingerprint density at radius 3 is 3.05 bits per heavy atom. The molecule has 0 aromatic heterocycles. The fraction of sp³-hybridized carbons (Fsp3) is 0.647. The Labute approximate surface area is 132 Å². The second-order valence-electron chi connectivity index (χ2n) is 5.99. The summed E-state index contributed by atoms with van der Waals surface area (Å²) in [6, 6.07) is 8.23. The second-order valence-corrected chi connectivity index (χ2v) is 6.87. The molecular weight excluding hydrogens is 282 g/mol. The minimum Gasteiger partial charge on any atom is -0.389 e. The molecule has 0 radical (unpaired) electrons. The van der Waals surface area contributed by atoms with Gasteiger partial charge in [0.2, 0.25) is 0 Å². The van der Waals surface area contributed by atoms with E-state index in [1.807, 2.05) is 12.1 Å². The van der Waals surface area contributed by atoms with E-state index in [2.05, 4.69) is 30.6 Å². The molecule has 118 valence electrons. The normalized spacial score (nSPS) is 23.8. The van der Waals surface area contributed by atoms with E-state index < -0.39 is 6.10 Å². The number of thioether (sulfide) groups is 1. The summed E-state index contributed by atoms with van der Waals surface area (Å²) in [5.41, 5.74) is 1.05. The number of rotatable bonds is 7. The van der Waals surface area contributed by atoms with Crippen molar-refractivity contribution in [2.45, 2.75) is 49.7 Å². The van der Waals surface area contributed by atoms with Gasteiger partial charge in [0.1, 0.15) is 0 Å². The highest BCUT2D eigenvalue weighted by molar-refractivity contribution is 7.98. The summed E-state index contributed by atoms with van der Waals surface area (Å²) in [6.45, 7) is 3.24. The van der Waals surface area contributed by atoms with Gasteiger partial charge in [-0.15, -0.1) is 11.8 Å². The van der Waals surface area contributed by atoms with Gasteiger partial charge in [-0.05, 0) is 43.2 Å². The molecule has 0 spiro atoms. The Morgan fingerprint density at radius 2 is 2.29 bits per heavy atom.